The van der Waals surface area contributed by atoms with E-state index < -0.39 is 0 Å². The Bertz CT molecular complexity index is 3480. The molecular weight excluding hydrogens is 787 g/mol. The highest BCUT2D eigenvalue weighted by molar-refractivity contribution is 7.25. The molecule has 1 atom stereocenters. The summed E-state index contributed by atoms with van der Waals surface area (Å²) in [5, 5.41) is 6.05. The zero-order chi connectivity index (χ0) is 42.2. The number of benzene rings is 7. The van der Waals surface area contributed by atoms with Crippen molar-refractivity contribution in [2.24, 2.45) is 15.9 Å². The van der Waals surface area contributed by atoms with E-state index >= 15 is 0 Å². The first-order chi connectivity index (χ1) is 30.9. The lowest BCUT2D eigenvalue weighted by molar-refractivity contribution is 0.506. The lowest BCUT2D eigenvalue weighted by Gasteiger charge is -2.21. The van der Waals surface area contributed by atoms with E-state index in [0.29, 0.717) is 0 Å². The highest BCUT2D eigenvalue weighted by Gasteiger charge is 2.28. The SMILES string of the molecule is CC1=Cc2ccc(C3=C\C[C@H](C)/C(c4cc(-c5ccccc5-c5cc6ccccc6cc5N)cc5oc6c(c45)CCCC6)=N/C(c4ccc5c(c4)sc4ccccc45)=N\3)cc2CC1. The van der Waals surface area contributed by atoms with Crippen molar-refractivity contribution < 1.29 is 4.42 Å². The second-order valence-corrected chi connectivity index (χ2v) is 18.9. The summed E-state index contributed by atoms with van der Waals surface area (Å²) in [6, 6.07) is 48.4. The molecule has 0 radical (unpaired) electrons. The first kappa shape index (κ1) is 37.9. The van der Waals surface area contributed by atoms with Crippen LogP contribution in [0.1, 0.15) is 78.7 Å². The number of nitrogens with two attached hydrogens (primary N) is 1. The molecule has 5 heteroatoms. The van der Waals surface area contributed by atoms with Gasteiger partial charge in [0.25, 0.3) is 0 Å². The Balaban J connectivity index is 1.08. The summed E-state index contributed by atoms with van der Waals surface area (Å²) in [6.45, 7) is 4.57. The summed E-state index contributed by atoms with van der Waals surface area (Å²) in [5.41, 5.74) is 23.7. The van der Waals surface area contributed by atoms with Crippen LogP contribution in [0, 0.1) is 5.92 Å². The van der Waals surface area contributed by atoms with Gasteiger partial charge < -0.3 is 10.2 Å². The van der Waals surface area contributed by atoms with Gasteiger partial charge in [-0.05, 0) is 127 Å². The number of allylic oxidation sites excluding steroid dienone is 2. The van der Waals surface area contributed by atoms with Crippen molar-refractivity contribution in [3.63, 3.8) is 0 Å². The molecule has 0 bridgehead atoms. The number of amidine groups is 1. The summed E-state index contributed by atoms with van der Waals surface area (Å²) in [6.07, 6.45) is 11.9. The Labute approximate surface area is 371 Å². The zero-order valence-electron chi connectivity index (χ0n) is 35.7. The lowest BCUT2D eigenvalue weighted by atomic mass is 9.85. The molecule has 63 heavy (non-hydrogen) atoms. The van der Waals surface area contributed by atoms with Crippen LogP contribution in [0.4, 0.5) is 5.69 Å². The van der Waals surface area contributed by atoms with Crippen LogP contribution < -0.4 is 5.73 Å². The van der Waals surface area contributed by atoms with E-state index in [2.05, 4.69) is 159 Å². The van der Waals surface area contributed by atoms with Crippen LogP contribution in [0.5, 0.6) is 0 Å². The molecule has 0 unspecified atom stereocenters. The van der Waals surface area contributed by atoms with Crippen LogP contribution in [0.3, 0.4) is 0 Å². The van der Waals surface area contributed by atoms with Crippen molar-refractivity contribution in [3.05, 3.63) is 184 Å². The molecule has 0 fully saturated rings. The molecule has 2 N–H and O–H groups in total. The van der Waals surface area contributed by atoms with E-state index in [9.17, 15) is 0 Å². The smallest absolute Gasteiger partial charge is 0.160 e. The molecule has 12 rings (SSSR count). The number of hydrogen-bond acceptors (Lipinski definition) is 5. The second kappa shape index (κ2) is 15.2. The second-order valence-electron chi connectivity index (χ2n) is 17.8. The first-order valence-electron chi connectivity index (χ1n) is 22.5. The van der Waals surface area contributed by atoms with Crippen molar-refractivity contribution in [1.82, 2.24) is 0 Å². The number of furan rings is 1. The van der Waals surface area contributed by atoms with Gasteiger partial charge in [-0.15, -0.1) is 11.3 Å². The molecule has 0 saturated heterocycles. The van der Waals surface area contributed by atoms with Crippen molar-refractivity contribution in [3.8, 4) is 22.3 Å². The number of rotatable bonds is 5. The Morgan fingerprint density at radius 1 is 0.635 bits per heavy atom. The third kappa shape index (κ3) is 6.65. The van der Waals surface area contributed by atoms with Crippen molar-refractivity contribution in [2.45, 2.75) is 58.8 Å². The standard InChI is InChI=1S/C58H47N3OS/c1-34-19-21-39-28-40(23-22-38(39)27-34)51-26-20-35(2)57(61-58(60-51)41-24-25-46-45-15-8-10-18-54(45)63-55(46)33-41)49-30-42(32-53-56(49)47-16-7-9-17-52(47)62-53)43-13-5-6-14-44(43)48-29-36-11-3-4-12-37(36)31-50(48)59/h3-6,8,10-15,18,22-33,35H,7,9,16-17,19-21,59H2,1-2H3/b51-26+,60-58-,61-57-/t35-/m0/s1. The zero-order valence-corrected chi connectivity index (χ0v) is 36.5. The fourth-order valence-corrected chi connectivity index (χ4v) is 11.5. The minimum atomic E-state index is 0.0840. The number of aryl methyl sites for hydroxylation is 3. The first-order valence-corrected chi connectivity index (χ1v) is 23.3. The van der Waals surface area contributed by atoms with Gasteiger partial charge in [-0.25, -0.2) is 9.98 Å². The normalized spacial score (nSPS) is 19.0. The Hall–Kier alpha value is -6.82. The van der Waals surface area contributed by atoms with Crippen LogP contribution >= 0.6 is 11.3 Å². The van der Waals surface area contributed by atoms with Gasteiger partial charge in [-0.1, -0.05) is 116 Å². The van der Waals surface area contributed by atoms with Crippen LogP contribution in [0.25, 0.3) is 75.9 Å². The molecule has 0 amide bonds. The highest BCUT2D eigenvalue weighted by Crippen LogP contribution is 2.43. The van der Waals surface area contributed by atoms with Crippen molar-refractivity contribution in [1.29, 1.82) is 0 Å². The maximum absolute atomic E-state index is 6.89. The summed E-state index contributed by atoms with van der Waals surface area (Å²) < 4.78 is 9.42. The average Bonchev–Trinajstić information content (AvgIpc) is 3.88. The largest absolute Gasteiger partial charge is 0.461 e. The van der Waals surface area contributed by atoms with Gasteiger partial charge in [-0.3, -0.25) is 0 Å². The van der Waals surface area contributed by atoms with Crippen molar-refractivity contribution in [2.75, 3.05) is 5.73 Å². The van der Waals surface area contributed by atoms with E-state index in [1.165, 1.54) is 53.2 Å². The third-order valence-corrected chi connectivity index (χ3v) is 14.8. The number of fused-ring (bicyclic) bond motifs is 8. The molecule has 2 aliphatic carbocycles. The van der Waals surface area contributed by atoms with Crippen molar-refractivity contribution >= 4 is 82.3 Å². The maximum Gasteiger partial charge on any atom is 0.160 e. The van der Waals surface area contributed by atoms with Crippen LogP contribution in [-0.2, 0) is 19.3 Å². The number of hydrogen-bond donors (Lipinski definition) is 1. The number of thiophene rings is 1. The molecule has 9 aromatic rings. The topological polar surface area (TPSA) is 63.9 Å². The van der Waals surface area contributed by atoms with Gasteiger partial charge in [-0.2, -0.15) is 0 Å². The summed E-state index contributed by atoms with van der Waals surface area (Å²) in [4.78, 5) is 11.4. The summed E-state index contributed by atoms with van der Waals surface area (Å²) in [5.74, 6) is 1.93. The predicted octanol–water partition coefficient (Wildman–Crippen LogP) is 15.4. The van der Waals surface area contributed by atoms with Crippen LogP contribution in [0.2, 0.25) is 0 Å². The van der Waals surface area contributed by atoms with Crippen LogP contribution in [0.15, 0.2) is 160 Å². The third-order valence-electron chi connectivity index (χ3n) is 13.6. The molecule has 1 aliphatic heterocycles. The summed E-state index contributed by atoms with van der Waals surface area (Å²) >= 11 is 1.83. The van der Waals surface area contributed by atoms with E-state index in [1.807, 2.05) is 11.3 Å². The monoisotopic (exact) mass is 833 g/mol. The van der Waals surface area contributed by atoms with Gasteiger partial charge in [0.1, 0.15) is 11.3 Å². The Kier molecular flexibility index (Phi) is 9.15. The molecular formula is C58H47N3OS. The molecule has 7 aromatic carbocycles. The Morgan fingerprint density at radius 2 is 1.41 bits per heavy atom. The molecule has 3 heterocycles. The van der Waals surface area contributed by atoms with E-state index in [0.717, 1.165) is 124 Å². The van der Waals surface area contributed by atoms with Gasteiger partial charge in [0.2, 0.25) is 0 Å². The summed E-state index contributed by atoms with van der Waals surface area (Å²) in [7, 11) is 0. The minimum Gasteiger partial charge on any atom is -0.461 e. The quantitative estimate of drug-likeness (QED) is 0.176. The van der Waals surface area contributed by atoms with Crippen LogP contribution in [-0.4, -0.2) is 11.5 Å². The average molecular weight is 834 g/mol. The molecule has 306 valence electrons. The molecule has 2 aromatic heterocycles. The Morgan fingerprint density at radius 3 is 2.32 bits per heavy atom. The number of anilines is 1. The lowest BCUT2D eigenvalue weighted by Crippen LogP contribution is -2.18. The minimum absolute atomic E-state index is 0.0840. The molecule has 0 saturated carbocycles. The number of aliphatic imine (C=N–C) groups is 2. The maximum atomic E-state index is 6.89. The fraction of sp³-hybridized carbons (Fsp3) is 0.172. The number of nitrogen functional groups attached to an aromatic ring is 1. The predicted molar refractivity (Wildman–Crippen MR) is 268 cm³/mol. The van der Waals surface area contributed by atoms with Gasteiger partial charge in [0, 0.05) is 71.4 Å². The van der Waals surface area contributed by atoms with E-state index in [-0.39, 0.29) is 5.92 Å². The van der Waals surface area contributed by atoms with Gasteiger partial charge in [0.05, 0.1) is 11.4 Å². The van der Waals surface area contributed by atoms with Gasteiger partial charge >= 0.3 is 0 Å². The van der Waals surface area contributed by atoms with Gasteiger partial charge in [0.15, 0.2) is 5.84 Å². The van der Waals surface area contributed by atoms with E-state index in [1.54, 1.807) is 0 Å². The highest BCUT2D eigenvalue weighted by atomic mass is 32.1. The fourth-order valence-electron chi connectivity index (χ4n) is 10.3. The number of nitrogens with zero attached hydrogens (tertiary/aromatic N) is 2. The molecule has 3 aliphatic rings. The molecule has 0 spiro atoms. The van der Waals surface area contributed by atoms with E-state index in [4.69, 9.17) is 20.1 Å². The molecule has 4 nitrogen and oxygen atoms in total.